The van der Waals surface area contributed by atoms with Gasteiger partial charge in [0.15, 0.2) is 0 Å². The monoisotopic (exact) mass is 218 g/mol. The van der Waals surface area contributed by atoms with Gasteiger partial charge in [-0.15, -0.1) is 0 Å². The lowest BCUT2D eigenvalue weighted by Gasteiger charge is -2.16. The highest BCUT2D eigenvalue weighted by Gasteiger charge is 2.12. The number of nitrogens with one attached hydrogen (secondary N) is 2. The summed E-state index contributed by atoms with van der Waals surface area (Å²) >= 11 is 0. The van der Waals surface area contributed by atoms with Gasteiger partial charge in [0, 0.05) is 19.7 Å². The van der Waals surface area contributed by atoms with Crippen LogP contribution in [0.15, 0.2) is 0 Å². The van der Waals surface area contributed by atoms with E-state index in [0.29, 0.717) is 26.3 Å². The first-order valence-electron chi connectivity index (χ1n) is 5.38. The van der Waals surface area contributed by atoms with Crippen molar-refractivity contribution >= 4 is 5.91 Å². The van der Waals surface area contributed by atoms with Crippen LogP contribution >= 0.6 is 0 Å². The molecule has 2 atom stereocenters. The lowest BCUT2D eigenvalue weighted by atomic mass is 10.3. The van der Waals surface area contributed by atoms with Gasteiger partial charge in [-0.2, -0.15) is 0 Å². The molecule has 0 heterocycles. The molecular formula is C10H22N2O3. The van der Waals surface area contributed by atoms with E-state index in [1.807, 2.05) is 13.8 Å². The zero-order valence-electron chi connectivity index (χ0n) is 9.75. The minimum absolute atomic E-state index is 0.0545. The average molecular weight is 218 g/mol. The molecule has 0 aliphatic rings. The van der Waals surface area contributed by atoms with Crippen molar-refractivity contribution < 1.29 is 14.6 Å². The molecule has 2 unspecified atom stereocenters. The van der Waals surface area contributed by atoms with E-state index < -0.39 is 6.10 Å². The van der Waals surface area contributed by atoms with Crippen LogP contribution in [0.25, 0.3) is 0 Å². The molecule has 0 spiro atoms. The summed E-state index contributed by atoms with van der Waals surface area (Å²) in [6.07, 6.45) is -0.568. The Kier molecular flexibility index (Phi) is 8.27. The maximum absolute atomic E-state index is 11.3. The van der Waals surface area contributed by atoms with Crippen molar-refractivity contribution in [2.75, 3.05) is 26.3 Å². The Labute approximate surface area is 91.2 Å². The Hall–Kier alpha value is -0.650. The summed E-state index contributed by atoms with van der Waals surface area (Å²) in [6, 6.07) is -0.291. The van der Waals surface area contributed by atoms with Crippen molar-refractivity contribution in [2.45, 2.75) is 32.9 Å². The summed E-state index contributed by atoms with van der Waals surface area (Å²) in [5.41, 5.74) is 0. The van der Waals surface area contributed by atoms with Gasteiger partial charge in [-0.25, -0.2) is 0 Å². The third-order valence-electron chi connectivity index (χ3n) is 1.92. The molecule has 0 aromatic carbocycles. The number of likely N-dealkylation sites (N-methyl/N-ethyl adjacent to an activating group) is 1. The Balaban J connectivity index is 3.60. The minimum Gasteiger partial charge on any atom is -0.389 e. The Bertz CT molecular complexity index is 176. The van der Waals surface area contributed by atoms with Gasteiger partial charge >= 0.3 is 0 Å². The van der Waals surface area contributed by atoms with Crippen LogP contribution < -0.4 is 10.6 Å². The largest absolute Gasteiger partial charge is 0.389 e. The summed E-state index contributed by atoms with van der Waals surface area (Å²) in [5.74, 6) is -0.0545. The topological polar surface area (TPSA) is 70.6 Å². The van der Waals surface area contributed by atoms with E-state index in [0.717, 1.165) is 0 Å². The van der Waals surface area contributed by atoms with Crippen LogP contribution in [-0.4, -0.2) is 49.5 Å². The molecular weight excluding hydrogens is 196 g/mol. The quantitative estimate of drug-likeness (QED) is 0.513. The molecule has 0 rings (SSSR count). The van der Waals surface area contributed by atoms with Crippen molar-refractivity contribution in [1.82, 2.24) is 10.6 Å². The second-order valence-electron chi connectivity index (χ2n) is 3.34. The van der Waals surface area contributed by atoms with Gasteiger partial charge in [0.25, 0.3) is 0 Å². The molecule has 0 aliphatic carbocycles. The van der Waals surface area contributed by atoms with E-state index in [4.69, 9.17) is 4.74 Å². The predicted octanol–water partition coefficient (Wildman–Crippen LogP) is -0.502. The fourth-order valence-corrected chi connectivity index (χ4v) is 1.05. The van der Waals surface area contributed by atoms with E-state index in [2.05, 4.69) is 10.6 Å². The molecule has 1 amide bonds. The Morgan fingerprint density at radius 3 is 2.67 bits per heavy atom. The Morgan fingerprint density at radius 2 is 2.13 bits per heavy atom. The number of aliphatic hydroxyl groups is 1. The van der Waals surface area contributed by atoms with Crippen molar-refractivity contribution in [3.05, 3.63) is 0 Å². The van der Waals surface area contributed by atoms with Crippen molar-refractivity contribution in [3.8, 4) is 0 Å². The predicted molar refractivity (Wildman–Crippen MR) is 58.6 cm³/mol. The van der Waals surface area contributed by atoms with Crippen LogP contribution in [-0.2, 0) is 9.53 Å². The summed E-state index contributed by atoms with van der Waals surface area (Å²) in [7, 11) is 0. The molecule has 0 fully saturated rings. The highest BCUT2D eigenvalue weighted by Crippen LogP contribution is 1.87. The molecule has 0 saturated carbocycles. The lowest BCUT2D eigenvalue weighted by Crippen LogP contribution is -2.45. The van der Waals surface area contributed by atoms with Gasteiger partial charge in [0.2, 0.25) is 5.91 Å². The number of hydrogen-bond donors (Lipinski definition) is 3. The van der Waals surface area contributed by atoms with Crippen molar-refractivity contribution in [1.29, 1.82) is 0 Å². The van der Waals surface area contributed by atoms with E-state index in [-0.39, 0.29) is 11.9 Å². The first-order chi connectivity index (χ1) is 7.11. The number of aliphatic hydroxyl groups excluding tert-OH is 1. The third kappa shape index (κ3) is 7.30. The third-order valence-corrected chi connectivity index (χ3v) is 1.92. The van der Waals surface area contributed by atoms with Crippen LogP contribution in [0.1, 0.15) is 20.8 Å². The maximum atomic E-state index is 11.3. The minimum atomic E-state index is -0.568. The molecule has 0 radical (unpaired) electrons. The highest BCUT2D eigenvalue weighted by atomic mass is 16.5. The van der Waals surface area contributed by atoms with Gasteiger partial charge in [0.1, 0.15) is 0 Å². The average Bonchev–Trinajstić information content (AvgIpc) is 2.23. The highest BCUT2D eigenvalue weighted by molar-refractivity contribution is 5.81. The summed E-state index contributed by atoms with van der Waals surface area (Å²) in [6.45, 7) is 7.36. The van der Waals surface area contributed by atoms with E-state index in [9.17, 15) is 9.90 Å². The van der Waals surface area contributed by atoms with E-state index >= 15 is 0 Å². The molecule has 0 bridgehead atoms. The van der Waals surface area contributed by atoms with Gasteiger partial charge < -0.3 is 20.5 Å². The molecule has 0 aromatic heterocycles. The summed E-state index contributed by atoms with van der Waals surface area (Å²) in [4.78, 5) is 11.3. The number of carbonyl (C=O) groups is 1. The first-order valence-corrected chi connectivity index (χ1v) is 5.38. The molecule has 0 aliphatic heterocycles. The number of ether oxygens (including phenoxy) is 1. The molecule has 5 nitrogen and oxygen atoms in total. The van der Waals surface area contributed by atoms with Gasteiger partial charge in [-0.05, 0) is 20.8 Å². The molecule has 15 heavy (non-hydrogen) atoms. The van der Waals surface area contributed by atoms with E-state index in [1.54, 1.807) is 6.92 Å². The molecule has 5 heteroatoms. The SMILES string of the molecule is CCNC(=O)C(C)NCC(O)COCC. The molecule has 0 aromatic rings. The van der Waals surface area contributed by atoms with Crippen LogP contribution in [0, 0.1) is 0 Å². The van der Waals surface area contributed by atoms with Gasteiger partial charge in [0.05, 0.1) is 18.8 Å². The molecule has 0 saturated heterocycles. The fraction of sp³-hybridized carbons (Fsp3) is 0.900. The van der Waals surface area contributed by atoms with Crippen LogP contribution in [0.2, 0.25) is 0 Å². The smallest absolute Gasteiger partial charge is 0.236 e. The number of rotatable bonds is 8. The second kappa shape index (κ2) is 8.64. The molecule has 3 N–H and O–H groups in total. The van der Waals surface area contributed by atoms with Gasteiger partial charge in [-0.3, -0.25) is 4.79 Å². The lowest BCUT2D eigenvalue weighted by molar-refractivity contribution is -0.122. The normalized spacial score (nSPS) is 14.7. The number of hydrogen-bond acceptors (Lipinski definition) is 4. The van der Waals surface area contributed by atoms with Crippen LogP contribution in [0.3, 0.4) is 0 Å². The molecule has 90 valence electrons. The van der Waals surface area contributed by atoms with Gasteiger partial charge in [-0.1, -0.05) is 0 Å². The van der Waals surface area contributed by atoms with Crippen LogP contribution in [0.5, 0.6) is 0 Å². The Morgan fingerprint density at radius 1 is 1.47 bits per heavy atom. The maximum Gasteiger partial charge on any atom is 0.236 e. The van der Waals surface area contributed by atoms with E-state index in [1.165, 1.54) is 0 Å². The summed E-state index contributed by atoms with van der Waals surface area (Å²) < 4.78 is 5.04. The zero-order chi connectivity index (χ0) is 11.7. The zero-order valence-corrected chi connectivity index (χ0v) is 9.75. The standard InChI is InChI=1S/C10H22N2O3/c1-4-11-10(14)8(3)12-6-9(13)7-15-5-2/h8-9,12-13H,4-7H2,1-3H3,(H,11,14). The van der Waals surface area contributed by atoms with Crippen molar-refractivity contribution in [2.24, 2.45) is 0 Å². The summed E-state index contributed by atoms with van der Waals surface area (Å²) in [5, 5.41) is 15.1. The number of amides is 1. The second-order valence-corrected chi connectivity index (χ2v) is 3.34. The van der Waals surface area contributed by atoms with Crippen molar-refractivity contribution in [3.63, 3.8) is 0 Å². The fourth-order valence-electron chi connectivity index (χ4n) is 1.05. The van der Waals surface area contributed by atoms with Crippen LogP contribution in [0.4, 0.5) is 0 Å². The first kappa shape index (κ1) is 14.3. The number of carbonyl (C=O) groups excluding carboxylic acids is 1.